The number of hydrogen-bond acceptors (Lipinski definition) is 4. The van der Waals surface area contributed by atoms with Crippen LogP contribution in [0.15, 0.2) is 48.0 Å². The number of sulfone groups is 1. The maximum Gasteiger partial charge on any atom is 0.262 e. The topological polar surface area (TPSA) is 87.0 Å². The number of amides is 1. The summed E-state index contributed by atoms with van der Waals surface area (Å²) in [6.07, 6.45) is 1.93. The van der Waals surface area contributed by atoms with Gasteiger partial charge in [-0.15, -0.1) is 0 Å². The van der Waals surface area contributed by atoms with Crippen LogP contribution in [0.5, 0.6) is 0 Å². The van der Waals surface area contributed by atoms with Gasteiger partial charge in [0.05, 0.1) is 11.5 Å². The number of benzene rings is 2. The molecule has 24 heavy (non-hydrogen) atoms. The number of nitrogens with one attached hydrogen (secondary N) is 1. The summed E-state index contributed by atoms with van der Waals surface area (Å²) in [5, 5.41) is 13.9. The molecule has 122 valence electrons. The number of nitriles is 1. The molecule has 0 unspecified atom stereocenters. The zero-order valence-corrected chi connectivity index (χ0v) is 13.7. The summed E-state index contributed by atoms with van der Waals surface area (Å²) >= 11 is 0. The van der Waals surface area contributed by atoms with E-state index in [1.54, 1.807) is 6.08 Å². The smallest absolute Gasteiger partial charge is 0.262 e. The van der Waals surface area contributed by atoms with Crippen LogP contribution in [0.3, 0.4) is 0 Å². The van der Waals surface area contributed by atoms with Crippen LogP contribution in [-0.4, -0.2) is 31.9 Å². The van der Waals surface area contributed by atoms with Crippen molar-refractivity contribution in [3.8, 4) is 6.07 Å². The summed E-state index contributed by atoms with van der Waals surface area (Å²) < 4.78 is 22.9. The number of fused-ring (bicyclic) bond motifs is 1. The summed E-state index contributed by atoms with van der Waals surface area (Å²) in [6, 6.07) is 14.9. The van der Waals surface area contributed by atoms with Crippen LogP contribution in [0.1, 0.15) is 12.0 Å². The van der Waals surface area contributed by atoms with Gasteiger partial charge in [0.1, 0.15) is 11.6 Å². The number of carbonyl (C=O) groups is 1. The molecular weight excluding hydrogens is 324 g/mol. The fourth-order valence-corrected chi connectivity index (χ4v) is 4.53. The van der Waals surface area contributed by atoms with Crippen LogP contribution < -0.4 is 5.32 Å². The molecule has 0 aliphatic carbocycles. The third-order valence-corrected chi connectivity index (χ3v) is 5.82. The largest absolute Gasteiger partial charge is 0.348 e. The van der Waals surface area contributed by atoms with E-state index >= 15 is 0 Å². The van der Waals surface area contributed by atoms with Gasteiger partial charge in [-0.2, -0.15) is 5.26 Å². The van der Waals surface area contributed by atoms with Crippen LogP contribution >= 0.6 is 0 Å². The van der Waals surface area contributed by atoms with Crippen LogP contribution in [0, 0.1) is 11.3 Å². The van der Waals surface area contributed by atoms with Gasteiger partial charge in [-0.1, -0.05) is 42.5 Å². The van der Waals surface area contributed by atoms with Gasteiger partial charge in [0.2, 0.25) is 0 Å². The van der Waals surface area contributed by atoms with Gasteiger partial charge in [0.15, 0.2) is 9.84 Å². The Labute approximate surface area is 140 Å². The fraction of sp³-hybridized carbons (Fsp3) is 0.222. The predicted octanol–water partition coefficient (Wildman–Crippen LogP) is 2.05. The van der Waals surface area contributed by atoms with Gasteiger partial charge in [-0.3, -0.25) is 4.79 Å². The molecule has 0 radical (unpaired) electrons. The summed E-state index contributed by atoms with van der Waals surface area (Å²) in [4.78, 5) is 12.3. The molecule has 3 rings (SSSR count). The normalized spacial score (nSPS) is 19.8. The molecule has 0 saturated carbocycles. The summed E-state index contributed by atoms with van der Waals surface area (Å²) in [7, 11) is -3.08. The van der Waals surface area contributed by atoms with Gasteiger partial charge in [-0.25, -0.2) is 8.42 Å². The Balaban J connectivity index is 1.86. The molecule has 1 heterocycles. The van der Waals surface area contributed by atoms with Gasteiger partial charge < -0.3 is 5.32 Å². The zero-order chi connectivity index (χ0) is 17.2. The first-order valence-electron chi connectivity index (χ1n) is 7.59. The molecule has 1 N–H and O–H groups in total. The standard InChI is InChI=1S/C18H16N2O3S/c19-11-15(18(21)20-16-8-9-24(22,23)12-16)10-14-6-3-5-13-4-1-2-7-17(13)14/h1-7,10,16H,8-9,12H2,(H,20,21)/b15-10+/t16-/m0/s1. The first-order valence-corrected chi connectivity index (χ1v) is 9.41. The highest BCUT2D eigenvalue weighted by Gasteiger charge is 2.29. The lowest BCUT2D eigenvalue weighted by Crippen LogP contribution is -2.36. The SMILES string of the molecule is N#C/C(=C\c1cccc2ccccc12)C(=O)N[C@H]1CCS(=O)(=O)C1. The fourth-order valence-electron chi connectivity index (χ4n) is 2.85. The van der Waals surface area contributed by atoms with E-state index in [2.05, 4.69) is 5.32 Å². The van der Waals surface area contributed by atoms with Crippen molar-refractivity contribution in [3.63, 3.8) is 0 Å². The molecular formula is C18H16N2O3S. The third-order valence-electron chi connectivity index (χ3n) is 4.06. The predicted molar refractivity (Wildman–Crippen MR) is 92.7 cm³/mol. The van der Waals surface area contributed by atoms with E-state index < -0.39 is 21.8 Å². The van der Waals surface area contributed by atoms with Gasteiger partial charge in [0, 0.05) is 6.04 Å². The summed E-state index contributed by atoms with van der Waals surface area (Å²) in [6.45, 7) is 0. The highest BCUT2D eigenvalue weighted by Crippen LogP contribution is 2.21. The maximum atomic E-state index is 12.3. The average Bonchev–Trinajstić information content (AvgIpc) is 2.91. The van der Waals surface area contributed by atoms with Crippen LogP contribution in [-0.2, 0) is 14.6 Å². The minimum absolute atomic E-state index is 0.0318. The molecule has 1 aliphatic heterocycles. The second-order valence-corrected chi connectivity index (χ2v) is 8.04. The Morgan fingerprint density at radius 2 is 1.96 bits per heavy atom. The van der Waals surface area contributed by atoms with Crippen molar-refractivity contribution in [1.29, 1.82) is 5.26 Å². The molecule has 2 aromatic rings. The highest BCUT2D eigenvalue weighted by molar-refractivity contribution is 7.91. The summed E-state index contributed by atoms with van der Waals surface area (Å²) in [5.74, 6) is -0.522. The van der Waals surface area contributed by atoms with Crippen molar-refractivity contribution in [1.82, 2.24) is 5.32 Å². The lowest BCUT2D eigenvalue weighted by Gasteiger charge is -2.10. The van der Waals surface area contributed by atoms with E-state index in [-0.39, 0.29) is 17.1 Å². The number of carbonyl (C=O) groups excluding carboxylic acids is 1. The molecule has 0 bridgehead atoms. The van der Waals surface area contributed by atoms with E-state index in [0.717, 1.165) is 16.3 Å². The van der Waals surface area contributed by atoms with Crippen LogP contribution in [0.2, 0.25) is 0 Å². The first kappa shape index (κ1) is 16.2. The van der Waals surface area contributed by atoms with Gasteiger partial charge in [-0.05, 0) is 28.8 Å². The minimum Gasteiger partial charge on any atom is -0.348 e. The molecule has 0 spiro atoms. The molecule has 5 nitrogen and oxygen atoms in total. The van der Waals surface area contributed by atoms with E-state index in [9.17, 15) is 18.5 Å². The summed E-state index contributed by atoms with van der Waals surface area (Å²) in [5.41, 5.74) is 0.745. The van der Waals surface area contributed by atoms with Crippen LogP contribution in [0.25, 0.3) is 16.8 Å². The van der Waals surface area contributed by atoms with Crippen molar-refractivity contribution in [2.24, 2.45) is 0 Å². The maximum absolute atomic E-state index is 12.3. The Hall–Kier alpha value is -2.65. The molecule has 1 aliphatic rings. The Morgan fingerprint density at radius 1 is 1.21 bits per heavy atom. The van der Waals surface area contributed by atoms with Crippen LogP contribution in [0.4, 0.5) is 0 Å². The quantitative estimate of drug-likeness (QED) is 0.684. The van der Waals surface area contributed by atoms with Crippen molar-refractivity contribution in [2.75, 3.05) is 11.5 Å². The Bertz CT molecular complexity index is 966. The average molecular weight is 340 g/mol. The lowest BCUT2D eigenvalue weighted by atomic mass is 10.0. The first-order chi connectivity index (χ1) is 11.5. The zero-order valence-electron chi connectivity index (χ0n) is 12.9. The van der Waals surface area contributed by atoms with Gasteiger partial charge in [0.25, 0.3) is 5.91 Å². The number of hydrogen-bond donors (Lipinski definition) is 1. The molecule has 1 saturated heterocycles. The van der Waals surface area contributed by atoms with Crippen molar-refractivity contribution in [2.45, 2.75) is 12.5 Å². The van der Waals surface area contributed by atoms with Crippen molar-refractivity contribution in [3.05, 3.63) is 53.6 Å². The second-order valence-electron chi connectivity index (χ2n) is 5.81. The van der Waals surface area contributed by atoms with E-state index in [4.69, 9.17) is 0 Å². The minimum atomic E-state index is -3.08. The van der Waals surface area contributed by atoms with Gasteiger partial charge >= 0.3 is 0 Å². The highest BCUT2D eigenvalue weighted by atomic mass is 32.2. The third kappa shape index (κ3) is 3.47. The second kappa shape index (κ2) is 6.46. The Kier molecular flexibility index (Phi) is 4.36. The molecule has 0 aromatic heterocycles. The molecule has 1 fully saturated rings. The van der Waals surface area contributed by atoms with E-state index in [1.807, 2.05) is 48.5 Å². The number of rotatable bonds is 3. The molecule has 2 aromatic carbocycles. The molecule has 6 heteroatoms. The monoisotopic (exact) mass is 340 g/mol. The van der Waals surface area contributed by atoms with Crippen molar-refractivity contribution < 1.29 is 13.2 Å². The Morgan fingerprint density at radius 3 is 2.67 bits per heavy atom. The van der Waals surface area contributed by atoms with E-state index in [0.29, 0.717) is 6.42 Å². The van der Waals surface area contributed by atoms with E-state index in [1.165, 1.54) is 0 Å². The lowest BCUT2D eigenvalue weighted by molar-refractivity contribution is -0.117. The molecule has 1 atom stereocenters. The number of nitrogens with zero attached hydrogens (tertiary/aromatic N) is 1. The molecule has 1 amide bonds. The van der Waals surface area contributed by atoms with Crippen molar-refractivity contribution >= 4 is 32.6 Å².